The second-order valence-corrected chi connectivity index (χ2v) is 7.62. The van der Waals surface area contributed by atoms with Crippen molar-refractivity contribution in [3.63, 3.8) is 0 Å². The van der Waals surface area contributed by atoms with Gasteiger partial charge in [0.05, 0.1) is 11.5 Å². The molecule has 0 atom stereocenters. The van der Waals surface area contributed by atoms with Crippen LogP contribution >= 0.6 is 0 Å². The molecule has 0 saturated heterocycles. The Bertz CT molecular complexity index is 1090. The number of fused-ring (bicyclic) bond motifs is 1. The number of hydrogen-bond acceptors (Lipinski definition) is 5. The SMILES string of the molecule is CCCOC(=O)c1c(C)oc2ccc(NS(=O)(=O)c3ccc(F)cc3)cc12. The number of halogens is 1. The Balaban J connectivity index is 1.96. The van der Waals surface area contributed by atoms with Gasteiger partial charge in [-0.25, -0.2) is 17.6 Å². The third-order valence-electron chi connectivity index (χ3n) is 3.88. The average molecular weight is 391 g/mol. The van der Waals surface area contributed by atoms with Gasteiger partial charge in [0.15, 0.2) is 0 Å². The highest BCUT2D eigenvalue weighted by molar-refractivity contribution is 7.92. The first-order valence-electron chi connectivity index (χ1n) is 8.30. The highest BCUT2D eigenvalue weighted by Crippen LogP contribution is 2.29. The lowest BCUT2D eigenvalue weighted by Gasteiger charge is -2.08. The van der Waals surface area contributed by atoms with E-state index in [1.165, 1.54) is 24.3 Å². The van der Waals surface area contributed by atoms with E-state index < -0.39 is 21.8 Å². The standard InChI is InChI=1S/C19H18FNO5S/c1-3-10-25-19(22)18-12(2)26-17-9-6-14(11-16(17)18)21-27(23,24)15-7-4-13(20)5-8-15/h4-9,11,21H,3,10H2,1-2H3. The molecule has 0 aliphatic heterocycles. The lowest BCUT2D eigenvalue weighted by molar-refractivity contribution is 0.0505. The van der Waals surface area contributed by atoms with E-state index in [4.69, 9.17) is 9.15 Å². The molecule has 0 amide bonds. The molecule has 3 aromatic rings. The van der Waals surface area contributed by atoms with Crippen LogP contribution in [0.15, 0.2) is 51.8 Å². The first-order valence-corrected chi connectivity index (χ1v) is 9.79. The largest absolute Gasteiger partial charge is 0.462 e. The van der Waals surface area contributed by atoms with Gasteiger partial charge in [0.2, 0.25) is 0 Å². The van der Waals surface area contributed by atoms with E-state index in [1.807, 2.05) is 6.92 Å². The summed E-state index contributed by atoms with van der Waals surface area (Å²) >= 11 is 0. The second kappa shape index (κ2) is 7.40. The fourth-order valence-electron chi connectivity index (χ4n) is 2.63. The van der Waals surface area contributed by atoms with Crippen LogP contribution in [0.3, 0.4) is 0 Å². The van der Waals surface area contributed by atoms with Crippen LogP contribution < -0.4 is 4.72 Å². The van der Waals surface area contributed by atoms with E-state index in [-0.39, 0.29) is 22.8 Å². The number of anilines is 1. The molecule has 2 aromatic carbocycles. The van der Waals surface area contributed by atoms with Crippen LogP contribution in [-0.2, 0) is 14.8 Å². The molecule has 0 spiro atoms. The number of aryl methyl sites for hydroxylation is 1. The van der Waals surface area contributed by atoms with Crippen molar-refractivity contribution in [2.45, 2.75) is 25.2 Å². The number of carbonyl (C=O) groups excluding carboxylic acids is 1. The maximum atomic E-state index is 13.0. The zero-order valence-electron chi connectivity index (χ0n) is 14.8. The molecule has 27 heavy (non-hydrogen) atoms. The fourth-order valence-corrected chi connectivity index (χ4v) is 3.68. The smallest absolute Gasteiger partial charge is 0.342 e. The van der Waals surface area contributed by atoms with Gasteiger partial charge in [0.1, 0.15) is 22.7 Å². The number of esters is 1. The van der Waals surface area contributed by atoms with E-state index in [9.17, 15) is 17.6 Å². The molecule has 0 unspecified atom stereocenters. The summed E-state index contributed by atoms with van der Waals surface area (Å²) in [5.74, 6) is -0.657. The number of rotatable bonds is 6. The lowest BCUT2D eigenvalue weighted by Crippen LogP contribution is -2.13. The van der Waals surface area contributed by atoms with E-state index in [2.05, 4.69) is 4.72 Å². The number of carbonyl (C=O) groups is 1. The summed E-state index contributed by atoms with van der Waals surface area (Å²) in [5, 5.41) is 0.452. The van der Waals surface area contributed by atoms with Gasteiger partial charge in [-0.15, -0.1) is 0 Å². The summed E-state index contributed by atoms with van der Waals surface area (Å²) in [5.41, 5.74) is 0.958. The number of hydrogen-bond donors (Lipinski definition) is 1. The van der Waals surface area contributed by atoms with Gasteiger partial charge in [0, 0.05) is 11.1 Å². The van der Waals surface area contributed by atoms with Crippen molar-refractivity contribution >= 4 is 32.6 Å². The second-order valence-electron chi connectivity index (χ2n) is 5.94. The molecular weight excluding hydrogens is 373 g/mol. The van der Waals surface area contributed by atoms with Gasteiger partial charge >= 0.3 is 5.97 Å². The van der Waals surface area contributed by atoms with E-state index >= 15 is 0 Å². The molecule has 0 bridgehead atoms. The highest BCUT2D eigenvalue weighted by Gasteiger charge is 2.21. The molecule has 0 aliphatic rings. The zero-order chi connectivity index (χ0) is 19.6. The number of benzene rings is 2. The minimum Gasteiger partial charge on any atom is -0.462 e. The van der Waals surface area contributed by atoms with Crippen LogP contribution in [0.5, 0.6) is 0 Å². The summed E-state index contributed by atoms with van der Waals surface area (Å²) < 4.78 is 51.1. The molecule has 1 heterocycles. The fraction of sp³-hybridized carbons (Fsp3) is 0.211. The predicted molar refractivity (Wildman–Crippen MR) is 98.7 cm³/mol. The maximum Gasteiger partial charge on any atom is 0.342 e. The van der Waals surface area contributed by atoms with Gasteiger partial charge in [0.25, 0.3) is 10.0 Å². The number of ether oxygens (including phenoxy) is 1. The van der Waals surface area contributed by atoms with Crippen molar-refractivity contribution in [1.82, 2.24) is 0 Å². The maximum absolute atomic E-state index is 13.0. The Kier molecular flexibility index (Phi) is 5.18. The Morgan fingerprint density at radius 3 is 2.56 bits per heavy atom. The van der Waals surface area contributed by atoms with Gasteiger partial charge in [-0.05, 0) is 55.8 Å². The average Bonchev–Trinajstić information content (AvgIpc) is 2.95. The summed E-state index contributed by atoms with van der Waals surface area (Å²) in [4.78, 5) is 12.2. The molecule has 142 valence electrons. The van der Waals surface area contributed by atoms with Crippen LogP contribution in [0.1, 0.15) is 29.5 Å². The highest BCUT2D eigenvalue weighted by atomic mass is 32.2. The summed E-state index contributed by atoms with van der Waals surface area (Å²) in [6.07, 6.45) is 0.684. The minimum atomic E-state index is -3.90. The lowest BCUT2D eigenvalue weighted by atomic mass is 10.1. The van der Waals surface area contributed by atoms with Crippen molar-refractivity contribution in [1.29, 1.82) is 0 Å². The molecule has 0 saturated carbocycles. The van der Waals surface area contributed by atoms with Crippen LogP contribution in [-0.4, -0.2) is 21.0 Å². The summed E-state index contributed by atoms with van der Waals surface area (Å²) in [6, 6.07) is 9.08. The van der Waals surface area contributed by atoms with Crippen LogP contribution in [0.4, 0.5) is 10.1 Å². The van der Waals surface area contributed by atoms with Crippen molar-refractivity contribution in [3.8, 4) is 0 Å². The number of sulfonamides is 1. The first kappa shape index (κ1) is 18.9. The van der Waals surface area contributed by atoms with Gasteiger partial charge in [-0.3, -0.25) is 4.72 Å². The monoisotopic (exact) mass is 391 g/mol. The van der Waals surface area contributed by atoms with Crippen molar-refractivity contribution < 1.29 is 26.8 Å². The van der Waals surface area contributed by atoms with Crippen LogP contribution in [0.2, 0.25) is 0 Å². The Labute approximate surface area is 156 Å². The molecule has 0 radical (unpaired) electrons. The quantitative estimate of drug-likeness (QED) is 0.635. The topological polar surface area (TPSA) is 85.6 Å². The molecule has 1 N–H and O–H groups in total. The van der Waals surface area contributed by atoms with E-state index in [0.29, 0.717) is 23.2 Å². The third-order valence-corrected chi connectivity index (χ3v) is 5.28. The van der Waals surface area contributed by atoms with Crippen LogP contribution in [0, 0.1) is 12.7 Å². The summed E-state index contributed by atoms with van der Waals surface area (Å²) in [7, 11) is -3.90. The summed E-state index contributed by atoms with van der Waals surface area (Å²) in [6.45, 7) is 3.81. The normalized spacial score (nSPS) is 11.5. The van der Waals surface area contributed by atoms with Crippen molar-refractivity contribution in [3.05, 3.63) is 59.6 Å². The van der Waals surface area contributed by atoms with Crippen molar-refractivity contribution in [2.75, 3.05) is 11.3 Å². The minimum absolute atomic E-state index is 0.0741. The van der Waals surface area contributed by atoms with Gasteiger partial charge < -0.3 is 9.15 Å². The molecular formula is C19H18FNO5S. The number of furan rings is 1. The van der Waals surface area contributed by atoms with Gasteiger partial charge in [-0.1, -0.05) is 6.92 Å². The van der Waals surface area contributed by atoms with E-state index in [1.54, 1.807) is 13.0 Å². The van der Waals surface area contributed by atoms with Crippen LogP contribution in [0.25, 0.3) is 11.0 Å². The molecule has 8 heteroatoms. The van der Waals surface area contributed by atoms with E-state index in [0.717, 1.165) is 12.1 Å². The molecule has 0 aliphatic carbocycles. The van der Waals surface area contributed by atoms with Gasteiger partial charge in [-0.2, -0.15) is 0 Å². The Morgan fingerprint density at radius 1 is 1.19 bits per heavy atom. The molecule has 0 fully saturated rings. The molecule has 1 aromatic heterocycles. The third kappa shape index (κ3) is 3.95. The molecule has 3 rings (SSSR count). The molecule has 6 nitrogen and oxygen atoms in total. The Morgan fingerprint density at radius 2 is 1.89 bits per heavy atom. The Hall–Kier alpha value is -2.87. The predicted octanol–water partition coefficient (Wildman–Crippen LogP) is 4.25. The van der Waals surface area contributed by atoms with Crippen molar-refractivity contribution in [2.24, 2.45) is 0 Å². The zero-order valence-corrected chi connectivity index (χ0v) is 15.6. The first-order chi connectivity index (χ1) is 12.8. The number of nitrogens with one attached hydrogen (secondary N) is 1.